The van der Waals surface area contributed by atoms with Crippen LogP contribution in [0.5, 0.6) is 0 Å². The Balaban J connectivity index is 4.01. The molecule has 0 aliphatic rings. The third kappa shape index (κ3) is 4.81. The highest BCUT2D eigenvalue weighted by molar-refractivity contribution is 5.84. The fourth-order valence-corrected chi connectivity index (χ4v) is 1.08. The van der Waals surface area contributed by atoms with Crippen LogP contribution in [0.1, 0.15) is 20.3 Å². The summed E-state index contributed by atoms with van der Waals surface area (Å²) in [5, 5.41) is 2.64. The Kier molecular flexibility index (Phi) is 6.74. The van der Waals surface area contributed by atoms with Gasteiger partial charge in [-0.3, -0.25) is 9.59 Å². The Hall–Kier alpha value is -1.10. The molecule has 0 heterocycles. The summed E-state index contributed by atoms with van der Waals surface area (Å²) in [6, 6.07) is 0. The van der Waals surface area contributed by atoms with Crippen LogP contribution in [0.2, 0.25) is 0 Å². The summed E-state index contributed by atoms with van der Waals surface area (Å²) in [5.74, 6) is -0.194. The topological polar surface area (TPSA) is 75.4 Å². The van der Waals surface area contributed by atoms with Crippen LogP contribution in [0.25, 0.3) is 0 Å². The van der Waals surface area contributed by atoms with Gasteiger partial charge < -0.3 is 16.0 Å². The van der Waals surface area contributed by atoms with Crippen LogP contribution in [-0.2, 0) is 9.59 Å². The van der Waals surface area contributed by atoms with E-state index in [-0.39, 0.29) is 18.4 Å². The van der Waals surface area contributed by atoms with Crippen LogP contribution >= 0.6 is 0 Å². The molecular weight excluding hydrogens is 182 g/mol. The minimum atomic E-state index is -0.125. The van der Waals surface area contributed by atoms with Crippen LogP contribution < -0.4 is 11.1 Å². The van der Waals surface area contributed by atoms with Gasteiger partial charge in [-0.15, -0.1) is 0 Å². The van der Waals surface area contributed by atoms with Crippen molar-refractivity contribution >= 4 is 11.8 Å². The van der Waals surface area contributed by atoms with Crippen molar-refractivity contribution in [2.45, 2.75) is 20.3 Å². The number of carbonyl (C=O) groups excluding carboxylic acids is 2. The van der Waals surface area contributed by atoms with Crippen molar-refractivity contribution in [2.75, 3.05) is 26.2 Å². The van der Waals surface area contributed by atoms with Gasteiger partial charge in [0, 0.05) is 26.1 Å². The molecule has 0 aromatic rings. The number of rotatable bonds is 6. The zero-order valence-electron chi connectivity index (χ0n) is 8.88. The first-order valence-corrected chi connectivity index (χ1v) is 4.90. The summed E-state index contributed by atoms with van der Waals surface area (Å²) in [5.41, 5.74) is 5.26. The minimum Gasteiger partial charge on any atom is -0.355 e. The summed E-state index contributed by atoms with van der Waals surface area (Å²) >= 11 is 0. The molecule has 14 heavy (non-hydrogen) atoms. The van der Waals surface area contributed by atoms with Gasteiger partial charge in [0.05, 0.1) is 6.54 Å². The number of amides is 2. The molecule has 3 N–H and O–H groups in total. The number of carbonyl (C=O) groups is 2. The van der Waals surface area contributed by atoms with Crippen molar-refractivity contribution in [3.63, 3.8) is 0 Å². The fraction of sp³-hybridized carbons (Fsp3) is 0.778. The Bertz CT molecular complexity index is 194. The molecule has 0 saturated carbocycles. The lowest BCUT2D eigenvalue weighted by atomic mass is 10.3. The maximum Gasteiger partial charge on any atom is 0.239 e. The van der Waals surface area contributed by atoms with E-state index in [9.17, 15) is 9.59 Å². The predicted octanol–water partition coefficient (Wildman–Crippen LogP) is -0.680. The molecule has 0 aromatic heterocycles. The first-order valence-electron chi connectivity index (χ1n) is 4.90. The second-order valence-electron chi connectivity index (χ2n) is 2.90. The number of likely N-dealkylation sites (N-methyl/N-ethyl adjacent to an activating group) is 2. The molecule has 2 amide bonds. The predicted molar refractivity (Wildman–Crippen MR) is 54.6 cm³/mol. The molecule has 0 atom stereocenters. The molecule has 0 saturated heterocycles. The van der Waals surface area contributed by atoms with Crippen molar-refractivity contribution in [2.24, 2.45) is 5.73 Å². The largest absolute Gasteiger partial charge is 0.355 e. The molecule has 0 aromatic carbocycles. The van der Waals surface area contributed by atoms with Crippen LogP contribution in [0, 0.1) is 0 Å². The summed E-state index contributed by atoms with van der Waals surface area (Å²) in [4.78, 5) is 24.1. The molecule has 0 unspecified atom stereocenters. The van der Waals surface area contributed by atoms with Crippen LogP contribution in [0.3, 0.4) is 0 Å². The molecule has 0 aliphatic carbocycles. The Morgan fingerprint density at radius 3 is 2.43 bits per heavy atom. The Labute approximate surface area is 84.6 Å². The van der Waals surface area contributed by atoms with Crippen molar-refractivity contribution in [1.82, 2.24) is 10.2 Å². The Morgan fingerprint density at radius 2 is 2.00 bits per heavy atom. The molecule has 0 rings (SSSR count). The third-order valence-electron chi connectivity index (χ3n) is 1.80. The van der Waals surface area contributed by atoms with E-state index in [1.54, 1.807) is 0 Å². The van der Waals surface area contributed by atoms with Gasteiger partial charge in [-0.2, -0.15) is 0 Å². The number of nitrogens with zero attached hydrogens (tertiary/aromatic N) is 1. The van der Waals surface area contributed by atoms with Crippen molar-refractivity contribution in [1.29, 1.82) is 0 Å². The number of nitrogens with two attached hydrogens (primary N) is 1. The molecule has 82 valence electrons. The third-order valence-corrected chi connectivity index (χ3v) is 1.80. The SMILES string of the molecule is CCNC(=O)CN(CC)C(=O)CCN. The molecule has 5 nitrogen and oxygen atoms in total. The van der Waals surface area contributed by atoms with Gasteiger partial charge in [-0.1, -0.05) is 0 Å². The maximum atomic E-state index is 11.4. The van der Waals surface area contributed by atoms with E-state index in [0.717, 1.165) is 0 Å². The molecule has 0 bridgehead atoms. The monoisotopic (exact) mass is 201 g/mol. The van der Waals surface area contributed by atoms with E-state index >= 15 is 0 Å². The van der Waals surface area contributed by atoms with Gasteiger partial charge >= 0.3 is 0 Å². The summed E-state index contributed by atoms with van der Waals surface area (Å²) in [6.07, 6.45) is 0.299. The maximum absolute atomic E-state index is 11.4. The zero-order chi connectivity index (χ0) is 11.0. The lowest BCUT2D eigenvalue weighted by Gasteiger charge is -2.19. The van der Waals surface area contributed by atoms with E-state index < -0.39 is 0 Å². The first-order chi connectivity index (χ1) is 6.65. The number of hydrogen-bond donors (Lipinski definition) is 2. The van der Waals surface area contributed by atoms with E-state index in [4.69, 9.17) is 5.73 Å². The van der Waals surface area contributed by atoms with E-state index in [0.29, 0.717) is 26.1 Å². The van der Waals surface area contributed by atoms with Crippen molar-refractivity contribution in [3.05, 3.63) is 0 Å². The molecule has 0 fully saturated rings. The van der Waals surface area contributed by atoms with Gasteiger partial charge in [0.1, 0.15) is 0 Å². The highest BCUT2D eigenvalue weighted by Crippen LogP contribution is 1.92. The quantitative estimate of drug-likeness (QED) is 0.598. The average molecular weight is 201 g/mol. The van der Waals surface area contributed by atoms with Gasteiger partial charge in [0.15, 0.2) is 0 Å². The van der Waals surface area contributed by atoms with Gasteiger partial charge in [-0.25, -0.2) is 0 Å². The van der Waals surface area contributed by atoms with Gasteiger partial charge in [0.25, 0.3) is 0 Å². The minimum absolute atomic E-state index is 0.0683. The van der Waals surface area contributed by atoms with E-state index in [2.05, 4.69) is 5.32 Å². The average Bonchev–Trinajstić information content (AvgIpc) is 2.15. The van der Waals surface area contributed by atoms with Gasteiger partial charge in [0.2, 0.25) is 11.8 Å². The van der Waals surface area contributed by atoms with E-state index in [1.165, 1.54) is 4.90 Å². The lowest BCUT2D eigenvalue weighted by Crippen LogP contribution is -2.41. The van der Waals surface area contributed by atoms with Gasteiger partial charge in [-0.05, 0) is 13.8 Å². The molecular formula is C9H19N3O2. The number of hydrogen-bond acceptors (Lipinski definition) is 3. The highest BCUT2D eigenvalue weighted by Gasteiger charge is 2.13. The summed E-state index contributed by atoms with van der Waals surface area (Å²) < 4.78 is 0. The van der Waals surface area contributed by atoms with E-state index in [1.807, 2.05) is 13.8 Å². The fourth-order valence-electron chi connectivity index (χ4n) is 1.08. The van der Waals surface area contributed by atoms with Crippen molar-refractivity contribution < 1.29 is 9.59 Å². The summed E-state index contributed by atoms with van der Waals surface area (Å²) in [6.45, 7) is 5.26. The second kappa shape index (κ2) is 7.32. The van der Waals surface area contributed by atoms with Crippen LogP contribution in [-0.4, -0.2) is 42.9 Å². The number of nitrogens with one attached hydrogen (secondary N) is 1. The first kappa shape index (κ1) is 12.9. The zero-order valence-corrected chi connectivity index (χ0v) is 8.88. The molecule has 0 spiro atoms. The Morgan fingerprint density at radius 1 is 1.36 bits per heavy atom. The second-order valence-corrected chi connectivity index (χ2v) is 2.90. The molecule has 0 radical (unpaired) electrons. The smallest absolute Gasteiger partial charge is 0.239 e. The summed E-state index contributed by atoms with van der Waals surface area (Å²) in [7, 11) is 0. The standard InChI is InChI=1S/C9H19N3O2/c1-3-11-8(13)7-12(4-2)9(14)5-6-10/h3-7,10H2,1-2H3,(H,11,13). The molecule has 5 heteroatoms. The molecule has 0 aliphatic heterocycles. The highest BCUT2D eigenvalue weighted by atomic mass is 16.2. The normalized spacial score (nSPS) is 9.64. The lowest BCUT2D eigenvalue weighted by molar-refractivity contribution is -0.135. The van der Waals surface area contributed by atoms with Crippen LogP contribution in [0.15, 0.2) is 0 Å². The van der Waals surface area contributed by atoms with Crippen LogP contribution in [0.4, 0.5) is 0 Å². The van der Waals surface area contributed by atoms with Crippen molar-refractivity contribution in [3.8, 4) is 0 Å².